The zero-order chi connectivity index (χ0) is 15.5. The van der Waals surface area contributed by atoms with Crippen LogP contribution >= 0.6 is 0 Å². The molecule has 110 valence electrons. The number of aliphatic hydroxyl groups excluding tert-OH is 1. The summed E-state index contributed by atoms with van der Waals surface area (Å²) in [4.78, 5) is 12.2. The Labute approximate surface area is 123 Å². The summed E-state index contributed by atoms with van der Waals surface area (Å²) < 4.78 is 22.7. The second kappa shape index (κ2) is 6.07. The zero-order valence-corrected chi connectivity index (χ0v) is 12.2. The van der Waals surface area contributed by atoms with Gasteiger partial charge >= 0.3 is 0 Å². The molecule has 0 bridgehead atoms. The first-order valence-corrected chi connectivity index (χ1v) is 8.10. The first kappa shape index (κ1) is 15.2. The SMILES string of the molecule is CS(=O)(=O)c1ccc(C(=O)Nc2cccc(CO)c2)cc1. The Kier molecular flexibility index (Phi) is 4.40. The Morgan fingerprint density at radius 3 is 2.38 bits per heavy atom. The molecule has 0 atom stereocenters. The van der Waals surface area contributed by atoms with Crippen LogP contribution in [0.2, 0.25) is 0 Å². The van der Waals surface area contributed by atoms with E-state index in [4.69, 9.17) is 5.11 Å². The van der Waals surface area contributed by atoms with Crippen LogP contribution in [0.5, 0.6) is 0 Å². The molecule has 0 saturated carbocycles. The molecule has 2 aromatic rings. The first-order valence-electron chi connectivity index (χ1n) is 6.21. The van der Waals surface area contributed by atoms with Gasteiger partial charge in [0.15, 0.2) is 9.84 Å². The van der Waals surface area contributed by atoms with Crippen LogP contribution in [0.4, 0.5) is 5.69 Å². The normalized spacial score (nSPS) is 11.1. The maximum atomic E-state index is 12.1. The lowest BCUT2D eigenvalue weighted by Crippen LogP contribution is -2.12. The van der Waals surface area contributed by atoms with Crippen molar-refractivity contribution < 1.29 is 18.3 Å². The third-order valence-corrected chi connectivity index (χ3v) is 4.04. The van der Waals surface area contributed by atoms with Gasteiger partial charge < -0.3 is 10.4 Å². The molecule has 0 saturated heterocycles. The van der Waals surface area contributed by atoms with E-state index >= 15 is 0 Å². The molecule has 0 aliphatic carbocycles. The number of hydrogen-bond acceptors (Lipinski definition) is 4. The monoisotopic (exact) mass is 305 g/mol. The zero-order valence-electron chi connectivity index (χ0n) is 11.4. The summed E-state index contributed by atoms with van der Waals surface area (Å²) in [7, 11) is -3.27. The standard InChI is InChI=1S/C15H15NO4S/c1-21(19,20)14-7-5-12(6-8-14)15(18)16-13-4-2-3-11(9-13)10-17/h2-9,17H,10H2,1H3,(H,16,18). The van der Waals surface area contributed by atoms with Crippen molar-refractivity contribution in [2.45, 2.75) is 11.5 Å². The number of rotatable bonds is 4. The molecule has 0 unspecified atom stereocenters. The second-order valence-electron chi connectivity index (χ2n) is 4.61. The third-order valence-electron chi connectivity index (χ3n) is 2.91. The minimum atomic E-state index is -3.27. The lowest BCUT2D eigenvalue weighted by molar-refractivity contribution is 0.102. The van der Waals surface area contributed by atoms with E-state index in [0.717, 1.165) is 6.26 Å². The molecule has 1 amide bonds. The number of anilines is 1. The smallest absolute Gasteiger partial charge is 0.255 e. The molecule has 0 aliphatic heterocycles. The maximum Gasteiger partial charge on any atom is 0.255 e. The molecular formula is C15H15NO4S. The van der Waals surface area contributed by atoms with Crippen LogP contribution in [0.15, 0.2) is 53.4 Å². The Hall–Kier alpha value is -2.18. The van der Waals surface area contributed by atoms with E-state index in [1.165, 1.54) is 24.3 Å². The van der Waals surface area contributed by atoms with Gasteiger partial charge in [0.05, 0.1) is 11.5 Å². The van der Waals surface area contributed by atoms with Gasteiger partial charge in [-0.2, -0.15) is 0 Å². The third kappa shape index (κ3) is 3.90. The summed E-state index contributed by atoms with van der Waals surface area (Å²) in [5.74, 6) is -0.342. The first-order chi connectivity index (χ1) is 9.90. The summed E-state index contributed by atoms with van der Waals surface area (Å²) in [6.07, 6.45) is 1.11. The molecule has 21 heavy (non-hydrogen) atoms. The van der Waals surface area contributed by atoms with Gasteiger partial charge in [-0.3, -0.25) is 4.79 Å². The fourth-order valence-corrected chi connectivity index (χ4v) is 2.43. The second-order valence-corrected chi connectivity index (χ2v) is 6.62. The van der Waals surface area contributed by atoms with Crippen molar-refractivity contribution >= 4 is 21.4 Å². The Balaban J connectivity index is 2.16. The number of aliphatic hydroxyl groups is 1. The van der Waals surface area contributed by atoms with Crippen molar-refractivity contribution in [3.8, 4) is 0 Å². The highest BCUT2D eigenvalue weighted by molar-refractivity contribution is 7.90. The van der Waals surface area contributed by atoms with E-state index < -0.39 is 9.84 Å². The van der Waals surface area contributed by atoms with Gasteiger partial charge in [0.25, 0.3) is 5.91 Å². The fourth-order valence-electron chi connectivity index (χ4n) is 1.80. The van der Waals surface area contributed by atoms with Gasteiger partial charge in [-0.05, 0) is 42.0 Å². The van der Waals surface area contributed by atoms with Crippen LogP contribution in [0.25, 0.3) is 0 Å². The molecule has 0 aromatic heterocycles. The van der Waals surface area contributed by atoms with Crippen LogP contribution < -0.4 is 5.32 Å². The van der Waals surface area contributed by atoms with E-state index in [0.29, 0.717) is 16.8 Å². The van der Waals surface area contributed by atoms with Gasteiger partial charge in [0.2, 0.25) is 0 Å². The summed E-state index contributed by atoms with van der Waals surface area (Å²) in [6, 6.07) is 12.6. The van der Waals surface area contributed by atoms with Crippen LogP contribution in [-0.4, -0.2) is 25.7 Å². The largest absolute Gasteiger partial charge is 0.392 e. The van der Waals surface area contributed by atoms with Crippen molar-refractivity contribution in [2.75, 3.05) is 11.6 Å². The van der Waals surface area contributed by atoms with Crippen molar-refractivity contribution in [2.24, 2.45) is 0 Å². The van der Waals surface area contributed by atoms with Crippen molar-refractivity contribution in [3.63, 3.8) is 0 Å². The topological polar surface area (TPSA) is 83.5 Å². The van der Waals surface area contributed by atoms with Gasteiger partial charge in [-0.15, -0.1) is 0 Å². The number of sulfone groups is 1. The highest BCUT2D eigenvalue weighted by atomic mass is 32.2. The molecule has 2 rings (SSSR count). The highest BCUT2D eigenvalue weighted by Gasteiger charge is 2.10. The number of hydrogen-bond donors (Lipinski definition) is 2. The highest BCUT2D eigenvalue weighted by Crippen LogP contribution is 2.14. The van der Waals surface area contributed by atoms with Crippen LogP contribution in [0, 0.1) is 0 Å². The summed E-state index contributed by atoms with van der Waals surface area (Å²) in [6.45, 7) is -0.104. The van der Waals surface area contributed by atoms with E-state index in [1.807, 2.05) is 0 Å². The van der Waals surface area contributed by atoms with Crippen molar-refractivity contribution in [3.05, 3.63) is 59.7 Å². The predicted molar refractivity (Wildman–Crippen MR) is 79.9 cm³/mol. The number of benzene rings is 2. The van der Waals surface area contributed by atoms with E-state index in [2.05, 4.69) is 5.32 Å². The Morgan fingerprint density at radius 2 is 1.81 bits per heavy atom. The number of amides is 1. The molecule has 0 aliphatic rings. The van der Waals surface area contributed by atoms with Crippen LogP contribution in [0.1, 0.15) is 15.9 Å². The van der Waals surface area contributed by atoms with Crippen LogP contribution in [-0.2, 0) is 16.4 Å². The molecule has 0 fully saturated rings. The van der Waals surface area contributed by atoms with Crippen molar-refractivity contribution in [1.29, 1.82) is 0 Å². The van der Waals surface area contributed by atoms with Gasteiger partial charge in [0, 0.05) is 17.5 Å². The Bertz CT molecular complexity index is 751. The van der Waals surface area contributed by atoms with Gasteiger partial charge in [-0.25, -0.2) is 8.42 Å². The minimum Gasteiger partial charge on any atom is -0.392 e. The maximum absolute atomic E-state index is 12.1. The summed E-state index contributed by atoms with van der Waals surface area (Å²) >= 11 is 0. The van der Waals surface area contributed by atoms with E-state index in [1.54, 1.807) is 24.3 Å². The molecular weight excluding hydrogens is 290 g/mol. The molecule has 5 nitrogen and oxygen atoms in total. The van der Waals surface area contributed by atoms with E-state index in [9.17, 15) is 13.2 Å². The van der Waals surface area contributed by atoms with E-state index in [-0.39, 0.29) is 17.4 Å². The average Bonchev–Trinajstić information content (AvgIpc) is 2.46. The van der Waals surface area contributed by atoms with Crippen molar-refractivity contribution in [1.82, 2.24) is 0 Å². The lowest BCUT2D eigenvalue weighted by atomic mass is 10.2. The number of carbonyl (C=O) groups excluding carboxylic acids is 1. The fraction of sp³-hybridized carbons (Fsp3) is 0.133. The quantitative estimate of drug-likeness (QED) is 0.902. The predicted octanol–water partition coefficient (Wildman–Crippen LogP) is 1.83. The Morgan fingerprint density at radius 1 is 1.14 bits per heavy atom. The summed E-state index contributed by atoms with van der Waals surface area (Å²) in [5, 5.41) is 11.7. The molecule has 2 N–H and O–H groups in total. The molecule has 0 radical (unpaired) electrons. The number of carbonyl (C=O) groups is 1. The van der Waals surface area contributed by atoms with Crippen LogP contribution in [0.3, 0.4) is 0 Å². The lowest BCUT2D eigenvalue weighted by Gasteiger charge is -2.07. The molecule has 6 heteroatoms. The summed E-state index contributed by atoms with van der Waals surface area (Å²) in [5.41, 5.74) is 1.62. The molecule has 0 spiro atoms. The van der Waals surface area contributed by atoms with Gasteiger partial charge in [-0.1, -0.05) is 12.1 Å². The number of nitrogens with one attached hydrogen (secondary N) is 1. The van der Waals surface area contributed by atoms with Gasteiger partial charge in [0.1, 0.15) is 0 Å². The molecule has 2 aromatic carbocycles. The molecule has 0 heterocycles. The average molecular weight is 305 g/mol. The minimum absolute atomic E-state index is 0.104.